The Kier molecular flexibility index (Phi) is 4.16. The summed E-state index contributed by atoms with van der Waals surface area (Å²) in [5.74, 6) is 0.288. The summed E-state index contributed by atoms with van der Waals surface area (Å²) < 4.78 is 6.48. The van der Waals surface area contributed by atoms with Crippen LogP contribution in [0.2, 0.25) is 0 Å². The Labute approximate surface area is 119 Å². The average molecular weight is 322 g/mol. The number of hydrogen-bond donors (Lipinski definition) is 0. The summed E-state index contributed by atoms with van der Waals surface area (Å²) in [5.41, 5.74) is 1.78. The zero-order valence-electron chi connectivity index (χ0n) is 10.3. The van der Waals surface area contributed by atoms with Gasteiger partial charge in [0.15, 0.2) is 5.75 Å². The van der Waals surface area contributed by atoms with Crippen LogP contribution in [0.4, 0.5) is 5.69 Å². The van der Waals surface area contributed by atoms with Gasteiger partial charge in [0, 0.05) is 10.5 Å². The molecule has 2 aromatic rings. The first kappa shape index (κ1) is 13.5. The van der Waals surface area contributed by atoms with E-state index in [0.717, 1.165) is 15.6 Å². The Bertz CT molecular complexity index is 613. The van der Waals surface area contributed by atoms with Crippen molar-refractivity contribution < 1.29 is 9.66 Å². The molecule has 0 aliphatic heterocycles. The summed E-state index contributed by atoms with van der Waals surface area (Å²) in [6.07, 6.45) is 0. The summed E-state index contributed by atoms with van der Waals surface area (Å²) in [5, 5.41) is 11.0. The molecule has 0 N–H and O–H groups in total. The lowest BCUT2D eigenvalue weighted by molar-refractivity contribution is -0.386. The van der Waals surface area contributed by atoms with Crippen LogP contribution in [0, 0.1) is 17.0 Å². The van der Waals surface area contributed by atoms with Gasteiger partial charge >= 0.3 is 5.69 Å². The number of aryl methyl sites for hydroxylation is 1. The van der Waals surface area contributed by atoms with Crippen LogP contribution in [0.25, 0.3) is 0 Å². The fraction of sp³-hybridized carbons (Fsp3) is 0.143. The molecule has 98 valence electrons. The van der Waals surface area contributed by atoms with Crippen LogP contribution in [0.3, 0.4) is 0 Å². The standard InChI is InChI=1S/C14H12BrNO3/c1-10-5-6-14(13(7-10)16(17)18)19-9-11-3-2-4-12(15)8-11/h2-8H,9H2,1H3. The molecule has 0 spiro atoms. The maximum absolute atomic E-state index is 11.0. The third-order valence-corrected chi connectivity index (χ3v) is 3.09. The quantitative estimate of drug-likeness (QED) is 0.625. The maximum atomic E-state index is 11.0. The molecule has 0 bridgehead atoms. The van der Waals surface area contributed by atoms with E-state index >= 15 is 0 Å². The van der Waals surface area contributed by atoms with E-state index in [9.17, 15) is 10.1 Å². The SMILES string of the molecule is Cc1ccc(OCc2cccc(Br)c2)c([N+](=O)[O-])c1. The number of rotatable bonds is 4. The number of benzene rings is 2. The number of halogens is 1. The Morgan fingerprint density at radius 2 is 2.05 bits per heavy atom. The lowest BCUT2D eigenvalue weighted by Gasteiger charge is -2.07. The molecule has 0 saturated heterocycles. The molecule has 0 saturated carbocycles. The van der Waals surface area contributed by atoms with Gasteiger partial charge in [-0.25, -0.2) is 0 Å². The molecule has 5 heteroatoms. The zero-order valence-corrected chi connectivity index (χ0v) is 11.9. The largest absolute Gasteiger partial charge is 0.482 e. The molecule has 0 fully saturated rings. The van der Waals surface area contributed by atoms with E-state index in [1.165, 1.54) is 6.07 Å². The first-order valence-corrected chi connectivity index (χ1v) is 6.48. The van der Waals surface area contributed by atoms with Crippen molar-refractivity contribution in [2.24, 2.45) is 0 Å². The Hall–Kier alpha value is -1.88. The van der Waals surface area contributed by atoms with Crippen molar-refractivity contribution in [2.45, 2.75) is 13.5 Å². The lowest BCUT2D eigenvalue weighted by atomic mass is 10.2. The maximum Gasteiger partial charge on any atom is 0.311 e. The molecule has 19 heavy (non-hydrogen) atoms. The van der Waals surface area contributed by atoms with E-state index in [0.29, 0.717) is 6.61 Å². The van der Waals surface area contributed by atoms with Gasteiger partial charge in [-0.2, -0.15) is 0 Å². The monoisotopic (exact) mass is 321 g/mol. The van der Waals surface area contributed by atoms with Gasteiger partial charge in [-0.3, -0.25) is 10.1 Å². The Morgan fingerprint density at radius 1 is 1.26 bits per heavy atom. The van der Waals surface area contributed by atoms with Crippen LogP contribution in [0.5, 0.6) is 5.75 Å². The normalized spacial score (nSPS) is 10.2. The molecular weight excluding hydrogens is 310 g/mol. The minimum atomic E-state index is -0.427. The molecule has 0 unspecified atom stereocenters. The van der Waals surface area contributed by atoms with Crippen molar-refractivity contribution in [1.82, 2.24) is 0 Å². The molecule has 0 amide bonds. The minimum Gasteiger partial charge on any atom is -0.482 e. The molecule has 0 aromatic heterocycles. The number of ether oxygens (including phenoxy) is 1. The van der Waals surface area contributed by atoms with E-state index in [1.807, 2.05) is 31.2 Å². The molecule has 2 aromatic carbocycles. The predicted molar refractivity (Wildman–Crippen MR) is 76.3 cm³/mol. The molecular formula is C14H12BrNO3. The number of nitro benzene ring substituents is 1. The van der Waals surface area contributed by atoms with Crippen molar-refractivity contribution in [3.8, 4) is 5.75 Å². The summed E-state index contributed by atoms with van der Waals surface area (Å²) in [7, 11) is 0. The number of nitrogens with zero attached hydrogens (tertiary/aromatic N) is 1. The van der Waals surface area contributed by atoms with Gasteiger partial charge in [-0.1, -0.05) is 34.1 Å². The second-order valence-corrected chi connectivity index (χ2v) is 5.06. The van der Waals surface area contributed by atoms with Crippen molar-refractivity contribution in [3.05, 3.63) is 68.2 Å². The van der Waals surface area contributed by atoms with Gasteiger partial charge in [-0.15, -0.1) is 0 Å². The second-order valence-electron chi connectivity index (χ2n) is 4.15. The minimum absolute atomic E-state index is 0.00463. The highest BCUT2D eigenvalue weighted by Crippen LogP contribution is 2.28. The lowest BCUT2D eigenvalue weighted by Crippen LogP contribution is -1.99. The predicted octanol–water partition coefficient (Wildman–Crippen LogP) is 4.24. The molecule has 0 aliphatic rings. The highest BCUT2D eigenvalue weighted by molar-refractivity contribution is 9.10. The fourth-order valence-corrected chi connectivity index (χ4v) is 2.13. The van der Waals surface area contributed by atoms with Gasteiger partial charge in [0.25, 0.3) is 0 Å². The first-order chi connectivity index (χ1) is 9.06. The van der Waals surface area contributed by atoms with Gasteiger partial charge in [0.2, 0.25) is 0 Å². The van der Waals surface area contributed by atoms with Gasteiger partial charge in [0.1, 0.15) is 6.61 Å². The van der Waals surface area contributed by atoms with Gasteiger partial charge in [0.05, 0.1) is 4.92 Å². The molecule has 2 rings (SSSR count). The van der Waals surface area contributed by atoms with Crippen LogP contribution in [-0.2, 0) is 6.61 Å². The summed E-state index contributed by atoms with van der Waals surface area (Å²) in [4.78, 5) is 10.5. The van der Waals surface area contributed by atoms with Crippen molar-refractivity contribution in [3.63, 3.8) is 0 Å². The molecule has 0 radical (unpaired) electrons. The van der Waals surface area contributed by atoms with E-state index in [4.69, 9.17) is 4.74 Å². The number of hydrogen-bond acceptors (Lipinski definition) is 3. The third-order valence-electron chi connectivity index (χ3n) is 2.59. The van der Waals surface area contributed by atoms with Crippen LogP contribution < -0.4 is 4.74 Å². The van der Waals surface area contributed by atoms with Crippen molar-refractivity contribution in [1.29, 1.82) is 0 Å². The van der Waals surface area contributed by atoms with Crippen molar-refractivity contribution >= 4 is 21.6 Å². The highest BCUT2D eigenvalue weighted by Gasteiger charge is 2.15. The molecule has 0 heterocycles. The summed E-state index contributed by atoms with van der Waals surface area (Å²) in [6.45, 7) is 2.11. The Morgan fingerprint density at radius 3 is 2.74 bits per heavy atom. The van der Waals surface area contributed by atoms with Crippen LogP contribution in [-0.4, -0.2) is 4.92 Å². The van der Waals surface area contributed by atoms with E-state index in [2.05, 4.69) is 15.9 Å². The number of nitro groups is 1. The Balaban J connectivity index is 2.17. The molecule has 0 atom stereocenters. The fourth-order valence-electron chi connectivity index (χ4n) is 1.68. The van der Waals surface area contributed by atoms with E-state index < -0.39 is 4.92 Å². The molecule has 4 nitrogen and oxygen atoms in total. The smallest absolute Gasteiger partial charge is 0.311 e. The molecule has 0 aliphatic carbocycles. The van der Waals surface area contributed by atoms with E-state index in [1.54, 1.807) is 12.1 Å². The third kappa shape index (κ3) is 3.54. The van der Waals surface area contributed by atoms with Crippen LogP contribution in [0.1, 0.15) is 11.1 Å². The van der Waals surface area contributed by atoms with Crippen LogP contribution >= 0.6 is 15.9 Å². The second kappa shape index (κ2) is 5.84. The highest BCUT2D eigenvalue weighted by atomic mass is 79.9. The van der Waals surface area contributed by atoms with Crippen molar-refractivity contribution in [2.75, 3.05) is 0 Å². The summed E-state index contributed by atoms with van der Waals surface area (Å²) in [6, 6.07) is 12.6. The topological polar surface area (TPSA) is 52.4 Å². The summed E-state index contributed by atoms with van der Waals surface area (Å²) >= 11 is 3.37. The first-order valence-electron chi connectivity index (χ1n) is 5.68. The van der Waals surface area contributed by atoms with E-state index in [-0.39, 0.29) is 11.4 Å². The van der Waals surface area contributed by atoms with Gasteiger partial charge < -0.3 is 4.74 Å². The zero-order chi connectivity index (χ0) is 13.8. The average Bonchev–Trinajstić information content (AvgIpc) is 2.37. The van der Waals surface area contributed by atoms with Crippen LogP contribution in [0.15, 0.2) is 46.9 Å². The van der Waals surface area contributed by atoms with Gasteiger partial charge in [-0.05, 0) is 36.2 Å².